The first kappa shape index (κ1) is 15.8. The molecule has 0 saturated carbocycles. The largest absolute Gasteiger partial charge is 0.444 e. The van der Waals surface area contributed by atoms with Gasteiger partial charge in [0.1, 0.15) is 11.6 Å². The maximum absolute atomic E-state index is 11.9. The highest BCUT2D eigenvalue weighted by atomic mass is 16.6. The Bertz CT molecular complexity index is 338. The number of nitrogens with zero attached hydrogens (tertiary/aromatic N) is 2. The zero-order valence-corrected chi connectivity index (χ0v) is 12.3. The molecule has 0 aromatic rings. The third-order valence-electron chi connectivity index (χ3n) is 3.11. The van der Waals surface area contributed by atoms with Gasteiger partial charge in [-0.1, -0.05) is 0 Å². The maximum atomic E-state index is 11.9. The molecule has 0 radical (unpaired) electrons. The highest BCUT2D eigenvalue weighted by Crippen LogP contribution is 2.21. The van der Waals surface area contributed by atoms with Gasteiger partial charge in [0.15, 0.2) is 0 Å². The van der Waals surface area contributed by atoms with Crippen LogP contribution in [0.15, 0.2) is 0 Å². The van der Waals surface area contributed by atoms with Crippen LogP contribution in [0.4, 0.5) is 4.79 Å². The van der Waals surface area contributed by atoms with Crippen molar-refractivity contribution in [1.82, 2.24) is 4.90 Å². The number of nitriles is 1. The Morgan fingerprint density at radius 2 is 2.26 bits per heavy atom. The second kappa shape index (κ2) is 6.76. The van der Waals surface area contributed by atoms with E-state index in [1.807, 2.05) is 20.8 Å². The van der Waals surface area contributed by atoms with Crippen molar-refractivity contribution in [2.45, 2.75) is 51.7 Å². The molecule has 108 valence electrons. The highest BCUT2D eigenvalue weighted by Gasteiger charge is 2.28. The first-order valence-corrected chi connectivity index (χ1v) is 6.76. The Labute approximate surface area is 115 Å². The number of hydrogen-bond acceptors (Lipinski definition) is 4. The van der Waals surface area contributed by atoms with E-state index in [0.29, 0.717) is 18.9 Å². The van der Waals surface area contributed by atoms with E-state index in [4.69, 9.17) is 9.47 Å². The van der Waals surface area contributed by atoms with Crippen LogP contribution in [0.5, 0.6) is 0 Å². The number of carbonyl (C=O) groups is 1. The van der Waals surface area contributed by atoms with Gasteiger partial charge in [0.2, 0.25) is 0 Å². The molecule has 0 N–H and O–H groups in total. The van der Waals surface area contributed by atoms with Crippen molar-refractivity contribution in [3.63, 3.8) is 0 Å². The summed E-state index contributed by atoms with van der Waals surface area (Å²) in [5, 5.41) is 9.23. The molecule has 0 aromatic heterocycles. The number of carbonyl (C=O) groups excluding carboxylic acids is 1. The molecule has 1 rings (SSSR count). The molecule has 1 saturated heterocycles. The zero-order valence-electron chi connectivity index (χ0n) is 12.3. The Morgan fingerprint density at radius 3 is 2.74 bits per heavy atom. The van der Waals surface area contributed by atoms with Gasteiger partial charge < -0.3 is 9.47 Å². The Morgan fingerprint density at radius 1 is 1.58 bits per heavy atom. The monoisotopic (exact) mass is 268 g/mol. The van der Waals surface area contributed by atoms with E-state index in [9.17, 15) is 10.1 Å². The summed E-state index contributed by atoms with van der Waals surface area (Å²) in [6.45, 7) is 6.93. The smallest absolute Gasteiger partial charge is 0.411 e. The average molecular weight is 268 g/mol. The van der Waals surface area contributed by atoms with E-state index >= 15 is 0 Å². The molecule has 1 aliphatic rings. The van der Waals surface area contributed by atoms with Crippen LogP contribution in [0.25, 0.3) is 0 Å². The number of amides is 1. The van der Waals surface area contributed by atoms with Gasteiger partial charge in [-0.25, -0.2) is 4.79 Å². The van der Waals surface area contributed by atoms with Crippen LogP contribution < -0.4 is 0 Å². The quantitative estimate of drug-likeness (QED) is 0.789. The summed E-state index contributed by atoms with van der Waals surface area (Å²) >= 11 is 0. The SMILES string of the molecule is CN(C(=O)OC(C)(C)C)C(C#N)C[C@@H]1CCCOC1. The predicted molar refractivity (Wildman–Crippen MR) is 71.6 cm³/mol. The normalized spacial score (nSPS) is 21.3. The molecular formula is C14H24N2O3. The van der Waals surface area contributed by atoms with Crippen LogP contribution in [0.1, 0.15) is 40.0 Å². The first-order valence-electron chi connectivity index (χ1n) is 6.76. The van der Waals surface area contributed by atoms with E-state index < -0.39 is 17.7 Å². The van der Waals surface area contributed by atoms with Crippen LogP contribution in [0.3, 0.4) is 0 Å². The summed E-state index contributed by atoms with van der Waals surface area (Å²) < 4.78 is 10.7. The summed E-state index contributed by atoms with van der Waals surface area (Å²) in [7, 11) is 1.62. The second-order valence-electron chi connectivity index (χ2n) is 6.06. The van der Waals surface area contributed by atoms with Gasteiger partial charge in [0, 0.05) is 20.3 Å². The molecule has 2 atom stereocenters. The molecule has 5 nitrogen and oxygen atoms in total. The average Bonchev–Trinajstić information content (AvgIpc) is 2.34. The van der Waals surface area contributed by atoms with Crippen molar-refractivity contribution < 1.29 is 14.3 Å². The molecule has 0 aliphatic carbocycles. The number of rotatable bonds is 3. The number of hydrogen-bond donors (Lipinski definition) is 0. The fourth-order valence-electron chi connectivity index (χ4n) is 2.07. The molecular weight excluding hydrogens is 244 g/mol. The minimum absolute atomic E-state index is 0.350. The van der Waals surface area contributed by atoms with Gasteiger partial charge in [0.05, 0.1) is 6.07 Å². The van der Waals surface area contributed by atoms with Crippen molar-refractivity contribution in [3.05, 3.63) is 0 Å². The van der Waals surface area contributed by atoms with Crippen LogP contribution in [-0.4, -0.2) is 42.9 Å². The Kier molecular flexibility index (Phi) is 5.61. The lowest BCUT2D eigenvalue weighted by molar-refractivity contribution is 0.0171. The minimum Gasteiger partial charge on any atom is -0.444 e. The van der Waals surface area contributed by atoms with Crippen molar-refractivity contribution >= 4 is 6.09 Å². The lowest BCUT2D eigenvalue weighted by atomic mass is 9.94. The van der Waals surface area contributed by atoms with Gasteiger partial charge in [0.25, 0.3) is 0 Å². The van der Waals surface area contributed by atoms with Crippen molar-refractivity contribution in [3.8, 4) is 6.07 Å². The third-order valence-corrected chi connectivity index (χ3v) is 3.11. The van der Waals surface area contributed by atoms with E-state index in [0.717, 1.165) is 19.4 Å². The van der Waals surface area contributed by atoms with Gasteiger partial charge in [-0.2, -0.15) is 5.26 Å². The van der Waals surface area contributed by atoms with Crippen LogP contribution in [-0.2, 0) is 9.47 Å². The van der Waals surface area contributed by atoms with Gasteiger partial charge >= 0.3 is 6.09 Å². The predicted octanol–water partition coefficient (Wildman–Crippen LogP) is 2.56. The minimum atomic E-state index is -0.542. The van der Waals surface area contributed by atoms with E-state index in [1.54, 1.807) is 7.05 Å². The summed E-state index contributed by atoms with van der Waals surface area (Å²) in [6, 6.07) is 1.73. The lowest BCUT2D eigenvalue weighted by Crippen LogP contribution is -2.41. The molecule has 5 heteroatoms. The Hall–Kier alpha value is -1.28. The fraction of sp³-hybridized carbons (Fsp3) is 0.857. The van der Waals surface area contributed by atoms with E-state index in [1.165, 1.54) is 4.90 Å². The summed E-state index contributed by atoms with van der Waals surface area (Å²) in [5.74, 6) is 0.350. The molecule has 1 fully saturated rings. The number of ether oxygens (including phenoxy) is 2. The zero-order chi connectivity index (χ0) is 14.5. The van der Waals surface area contributed by atoms with E-state index in [-0.39, 0.29) is 0 Å². The molecule has 0 bridgehead atoms. The lowest BCUT2D eigenvalue weighted by Gasteiger charge is -2.30. The molecule has 0 aromatic carbocycles. The Balaban J connectivity index is 2.53. The molecule has 1 heterocycles. The van der Waals surface area contributed by atoms with Crippen LogP contribution >= 0.6 is 0 Å². The summed E-state index contributed by atoms with van der Waals surface area (Å²) in [6.07, 6.45) is 2.28. The van der Waals surface area contributed by atoms with Crippen molar-refractivity contribution in [2.24, 2.45) is 5.92 Å². The standard InChI is InChI=1S/C14H24N2O3/c1-14(2,3)19-13(17)16(4)12(9-15)8-11-6-5-7-18-10-11/h11-12H,5-8,10H2,1-4H3/t11-,12?/m0/s1. The second-order valence-corrected chi connectivity index (χ2v) is 6.06. The van der Waals surface area contributed by atoms with E-state index in [2.05, 4.69) is 6.07 Å². The van der Waals surface area contributed by atoms with Crippen molar-refractivity contribution in [1.29, 1.82) is 5.26 Å². The summed E-state index contributed by atoms with van der Waals surface area (Å²) in [5.41, 5.74) is -0.542. The molecule has 0 spiro atoms. The van der Waals surface area contributed by atoms with Gasteiger partial charge in [-0.05, 0) is 46.0 Å². The van der Waals surface area contributed by atoms with Gasteiger partial charge in [-0.3, -0.25) is 4.90 Å². The van der Waals surface area contributed by atoms with Crippen LogP contribution in [0, 0.1) is 17.2 Å². The molecule has 19 heavy (non-hydrogen) atoms. The summed E-state index contributed by atoms with van der Waals surface area (Å²) in [4.78, 5) is 13.3. The van der Waals surface area contributed by atoms with Crippen LogP contribution in [0.2, 0.25) is 0 Å². The molecule has 1 amide bonds. The molecule has 1 aliphatic heterocycles. The first-order chi connectivity index (χ1) is 8.83. The maximum Gasteiger partial charge on any atom is 0.411 e. The molecule has 1 unspecified atom stereocenters. The topological polar surface area (TPSA) is 62.6 Å². The fourth-order valence-corrected chi connectivity index (χ4v) is 2.07. The van der Waals surface area contributed by atoms with Gasteiger partial charge in [-0.15, -0.1) is 0 Å². The van der Waals surface area contributed by atoms with Crippen molar-refractivity contribution in [2.75, 3.05) is 20.3 Å². The highest BCUT2D eigenvalue weighted by molar-refractivity contribution is 5.68. The third kappa shape index (κ3) is 5.48.